The molecule has 1 amide bonds. The third-order valence-corrected chi connectivity index (χ3v) is 3.05. The van der Waals surface area contributed by atoms with Gasteiger partial charge in [0.1, 0.15) is 5.82 Å². The Morgan fingerprint density at radius 2 is 2.09 bits per heavy atom. The van der Waals surface area contributed by atoms with Gasteiger partial charge in [-0.2, -0.15) is 10.2 Å². The Hall–Kier alpha value is -2.37. The number of rotatable bonds is 4. The second-order valence-electron chi connectivity index (χ2n) is 6.65. The molecule has 1 N–H and O–H groups in total. The SMILES string of the molecule is Cn1cc(/C=C/C(=O)Nc2cc(CC(C)(C)C)nn2C)cn1. The predicted molar refractivity (Wildman–Crippen MR) is 87.2 cm³/mol. The van der Waals surface area contributed by atoms with Crippen LogP contribution in [0.3, 0.4) is 0 Å². The van der Waals surface area contributed by atoms with Gasteiger partial charge in [-0.1, -0.05) is 20.8 Å². The molecule has 2 aromatic heterocycles. The van der Waals surface area contributed by atoms with Crippen molar-refractivity contribution in [3.05, 3.63) is 35.8 Å². The highest BCUT2D eigenvalue weighted by molar-refractivity contribution is 6.01. The number of amides is 1. The largest absolute Gasteiger partial charge is 0.307 e. The zero-order chi connectivity index (χ0) is 16.3. The Morgan fingerprint density at radius 3 is 2.68 bits per heavy atom. The van der Waals surface area contributed by atoms with E-state index < -0.39 is 0 Å². The summed E-state index contributed by atoms with van der Waals surface area (Å²) in [4.78, 5) is 12.0. The zero-order valence-electron chi connectivity index (χ0n) is 13.8. The molecule has 2 rings (SSSR count). The molecule has 0 saturated carbocycles. The van der Waals surface area contributed by atoms with E-state index in [9.17, 15) is 4.79 Å². The molecule has 6 heteroatoms. The minimum atomic E-state index is -0.186. The van der Waals surface area contributed by atoms with E-state index in [1.54, 1.807) is 21.6 Å². The molecule has 6 nitrogen and oxygen atoms in total. The van der Waals surface area contributed by atoms with E-state index in [-0.39, 0.29) is 11.3 Å². The lowest BCUT2D eigenvalue weighted by Gasteiger charge is -2.15. The standard InChI is InChI=1S/C16H23N5O/c1-16(2,3)9-13-8-14(21(5)19-13)18-15(22)7-6-12-10-17-20(4)11-12/h6-8,10-11H,9H2,1-5H3,(H,18,22)/b7-6+. The van der Waals surface area contributed by atoms with Crippen LogP contribution < -0.4 is 5.32 Å². The molecule has 0 aliphatic rings. The number of aryl methyl sites for hydroxylation is 2. The zero-order valence-corrected chi connectivity index (χ0v) is 13.8. The molecule has 0 fully saturated rings. The van der Waals surface area contributed by atoms with Crippen molar-refractivity contribution in [1.82, 2.24) is 19.6 Å². The van der Waals surface area contributed by atoms with Crippen LogP contribution in [0.2, 0.25) is 0 Å². The molecular formula is C16H23N5O. The number of hydrogen-bond acceptors (Lipinski definition) is 3. The van der Waals surface area contributed by atoms with Crippen molar-refractivity contribution < 1.29 is 4.79 Å². The van der Waals surface area contributed by atoms with Crippen LogP contribution in [-0.4, -0.2) is 25.5 Å². The first-order chi connectivity index (χ1) is 10.2. The average molecular weight is 301 g/mol. The molecule has 0 unspecified atom stereocenters. The van der Waals surface area contributed by atoms with E-state index in [1.165, 1.54) is 6.08 Å². The molecule has 0 aromatic carbocycles. The van der Waals surface area contributed by atoms with E-state index in [1.807, 2.05) is 26.4 Å². The van der Waals surface area contributed by atoms with Crippen LogP contribution in [0.4, 0.5) is 5.82 Å². The van der Waals surface area contributed by atoms with Crippen LogP contribution in [0.15, 0.2) is 24.5 Å². The summed E-state index contributed by atoms with van der Waals surface area (Å²) in [7, 11) is 3.66. The Balaban J connectivity index is 2.01. The Labute approximate surface area is 130 Å². The minimum Gasteiger partial charge on any atom is -0.307 e. The molecule has 0 aliphatic carbocycles. The first kappa shape index (κ1) is 16.0. The number of carbonyl (C=O) groups is 1. The quantitative estimate of drug-likeness (QED) is 0.882. The van der Waals surface area contributed by atoms with E-state index in [0.717, 1.165) is 17.7 Å². The molecule has 22 heavy (non-hydrogen) atoms. The molecule has 0 aliphatic heterocycles. The second-order valence-corrected chi connectivity index (χ2v) is 6.65. The lowest BCUT2D eigenvalue weighted by atomic mass is 9.91. The van der Waals surface area contributed by atoms with Crippen LogP contribution in [0.25, 0.3) is 6.08 Å². The summed E-state index contributed by atoms with van der Waals surface area (Å²) in [6.07, 6.45) is 7.63. The molecule has 2 aromatic rings. The van der Waals surface area contributed by atoms with Gasteiger partial charge in [0.05, 0.1) is 11.9 Å². The van der Waals surface area contributed by atoms with Crippen LogP contribution in [-0.2, 0) is 25.3 Å². The predicted octanol–water partition coefficient (Wildman–Crippen LogP) is 2.39. The number of nitrogens with zero attached hydrogens (tertiary/aromatic N) is 4. The molecule has 0 spiro atoms. The Kier molecular flexibility index (Phi) is 4.49. The minimum absolute atomic E-state index is 0.163. The van der Waals surface area contributed by atoms with Crippen molar-refractivity contribution in [3.63, 3.8) is 0 Å². The molecule has 118 valence electrons. The highest BCUT2D eigenvalue weighted by Crippen LogP contribution is 2.21. The monoisotopic (exact) mass is 301 g/mol. The molecule has 0 radical (unpaired) electrons. The van der Waals surface area contributed by atoms with Crippen LogP contribution in [0, 0.1) is 5.41 Å². The topological polar surface area (TPSA) is 64.7 Å². The molecule has 0 atom stereocenters. The van der Waals surface area contributed by atoms with Gasteiger partial charge < -0.3 is 5.32 Å². The Morgan fingerprint density at radius 1 is 1.36 bits per heavy atom. The maximum absolute atomic E-state index is 12.0. The van der Waals surface area contributed by atoms with Gasteiger partial charge in [0, 0.05) is 38.0 Å². The van der Waals surface area contributed by atoms with Crippen molar-refractivity contribution in [2.45, 2.75) is 27.2 Å². The lowest BCUT2D eigenvalue weighted by Crippen LogP contribution is -2.11. The highest BCUT2D eigenvalue weighted by Gasteiger charge is 2.15. The third kappa shape index (κ3) is 4.58. The molecular weight excluding hydrogens is 278 g/mol. The van der Waals surface area contributed by atoms with Crippen LogP contribution in [0.5, 0.6) is 0 Å². The van der Waals surface area contributed by atoms with Gasteiger partial charge in [0.15, 0.2) is 0 Å². The lowest BCUT2D eigenvalue weighted by molar-refractivity contribution is -0.111. The van der Waals surface area contributed by atoms with Crippen molar-refractivity contribution in [1.29, 1.82) is 0 Å². The molecule has 2 heterocycles. The fourth-order valence-electron chi connectivity index (χ4n) is 2.14. The summed E-state index contributed by atoms with van der Waals surface area (Å²) in [5.41, 5.74) is 2.02. The van der Waals surface area contributed by atoms with Crippen molar-refractivity contribution in [2.75, 3.05) is 5.32 Å². The number of nitrogens with one attached hydrogen (secondary N) is 1. The first-order valence-electron chi connectivity index (χ1n) is 7.23. The summed E-state index contributed by atoms with van der Waals surface area (Å²) in [6, 6.07) is 1.92. The van der Waals surface area contributed by atoms with E-state index in [4.69, 9.17) is 0 Å². The van der Waals surface area contributed by atoms with Crippen LogP contribution in [0.1, 0.15) is 32.0 Å². The number of aromatic nitrogens is 4. The maximum Gasteiger partial charge on any atom is 0.249 e. The maximum atomic E-state index is 12.0. The van der Waals surface area contributed by atoms with E-state index >= 15 is 0 Å². The highest BCUT2D eigenvalue weighted by atomic mass is 16.1. The van der Waals surface area contributed by atoms with Gasteiger partial charge in [-0.05, 0) is 17.9 Å². The van der Waals surface area contributed by atoms with Crippen molar-refractivity contribution in [2.24, 2.45) is 19.5 Å². The Bertz CT molecular complexity index is 688. The smallest absolute Gasteiger partial charge is 0.249 e. The fourth-order valence-corrected chi connectivity index (χ4v) is 2.14. The summed E-state index contributed by atoms with van der Waals surface area (Å²) in [5, 5.41) is 11.3. The summed E-state index contributed by atoms with van der Waals surface area (Å²) in [6.45, 7) is 6.49. The second kappa shape index (κ2) is 6.17. The number of carbonyl (C=O) groups excluding carboxylic acids is 1. The van der Waals surface area contributed by atoms with Crippen molar-refractivity contribution >= 4 is 17.8 Å². The summed E-state index contributed by atoms with van der Waals surface area (Å²) >= 11 is 0. The van der Waals surface area contributed by atoms with Gasteiger partial charge in [-0.25, -0.2) is 0 Å². The average Bonchev–Trinajstić information content (AvgIpc) is 2.92. The summed E-state index contributed by atoms with van der Waals surface area (Å²) < 4.78 is 3.38. The van der Waals surface area contributed by atoms with Crippen molar-refractivity contribution in [3.8, 4) is 0 Å². The van der Waals surface area contributed by atoms with Gasteiger partial charge in [-0.15, -0.1) is 0 Å². The normalized spacial score (nSPS) is 12.0. The number of anilines is 1. The van der Waals surface area contributed by atoms with Gasteiger partial charge in [0.2, 0.25) is 5.91 Å². The van der Waals surface area contributed by atoms with Gasteiger partial charge in [0.25, 0.3) is 0 Å². The number of hydrogen-bond donors (Lipinski definition) is 1. The van der Waals surface area contributed by atoms with Gasteiger partial charge in [-0.3, -0.25) is 14.2 Å². The molecule has 0 bridgehead atoms. The van der Waals surface area contributed by atoms with E-state index in [0.29, 0.717) is 5.82 Å². The molecule has 0 saturated heterocycles. The van der Waals surface area contributed by atoms with Crippen LogP contribution >= 0.6 is 0 Å². The summed E-state index contributed by atoms with van der Waals surface area (Å²) in [5.74, 6) is 0.509. The van der Waals surface area contributed by atoms with Gasteiger partial charge >= 0.3 is 0 Å². The van der Waals surface area contributed by atoms with E-state index in [2.05, 4.69) is 36.3 Å². The fraction of sp³-hybridized carbons (Fsp3) is 0.438. The first-order valence-corrected chi connectivity index (χ1v) is 7.23. The third-order valence-electron chi connectivity index (χ3n) is 3.05.